The van der Waals surface area contributed by atoms with Crippen LogP contribution in [-0.4, -0.2) is 13.3 Å². The van der Waals surface area contributed by atoms with Gasteiger partial charge in [0.05, 0.1) is 12.8 Å². The van der Waals surface area contributed by atoms with Crippen LogP contribution in [0.1, 0.15) is 45.7 Å². The van der Waals surface area contributed by atoms with E-state index in [4.69, 9.17) is 4.74 Å². The van der Waals surface area contributed by atoms with Crippen LogP contribution < -0.4 is 4.74 Å². The van der Waals surface area contributed by atoms with E-state index in [0.717, 1.165) is 34.5 Å². The number of aryl methyl sites for hydroxylation is 1. The zero-order valence-corrected chi connectivity index (χ0v) is 17.3. The maximum atomic E-state index is 5.75. The molecule has 0 spiro atoms. The number of rotatable bonds is 6. The maximum absolute atomic E-state index is 5.75. The molecule has 0 amide bonds. The van der Waals surface area contributed by atoms with E-state index in [1.165, 1.54) is 5.56 Å². The lowest BCUT2D eigenvalue weighted by atomic mass is 9.95. The number of nitrogens with zero attached hydrogens (tertiary/aromatic N) is 1. The first kappa shape index (κ1) is 21.7. The molecule has 0 saturated heterocycles. The number of para-hydroxylation sites is 1. The first-order chi connectivity index (χ1) is 12.6. The van der Waals surface area contributed by atoms with Gasteiger partial charge in [-0.15, -0.1) is 0 Å². The van der Waals surface area contributed by atoms with Crippen LogP contribution in [0.2, 0.25) is 0 Å². The van der Waals surface area contributed by atoms with Crippen molar-refractivity contribution >= 4 is 11.9 Å². The van der Waals surface area contributed by atoms with Crippen LogP contribution in [-0.2, 0) is 6.42 Å². The highest BCUT2D eigenvalue weighted by Crippen LogP contribution is 2.36. The molecule has 0 heterocycles. The van der Waals surface area contributed by atoms with Gasteiger partial charge in [-0.25, -0.2) is 0 Å². The van der Waals surface area contributed by atoms with E-state index in [2.05, 4.69) is 62.2 Å². The molecule has 0 unspecified atom stereocenters. The molecule has 0 aromatic heterocycles. The van der Waals surface area contributed by atoms with Gasteiger partial charge in [0.1, 0.15) is 5.75 Å². The third-order valence-corrected chi connectivity index (χ3v) is 3.94. The zero-order chi connectivity index (χ0) is 19.5. The maximum Gasteiger partial charge on any atom is 0.129 e. The van der Waals surface area contributed by atoms with E-state index in [-0.39, 0.29) is 0 Å². The van der Waals surface area contributed by atoms with Crippen molar-refractivity contribution in [3.05, 3.63) is 59.7 Å². The van der Waals surface area contributed by atoms with Gasteiger partial charge in [0.25, 0.3) is 0 Å². The molecule has 0 radical (unpaired) electrons. The van der Waals surface area contributed by atoms with Gasteiger partial charge in [0.2, 0.25) is 0 Å². The Bertz CT molecular complexity index is 742. The van der Waals surface area contributed by atoms with Crippen LogP contribution in [0.4, 0.5) is 5.69 Å². The Hall–Kier alpha value is -2.35. The Kier molecular flexibility index (Phi) is 9.43. The molecule has 0 atom stereocenters. The van der Waals surface area contributed by atoms with Crippen LogP contribution in [0.3, 0.4) is 0 Å². The molecule has 0 aliphatic carbocycles. The number of hydrogen-bond donors (Lipinski definition) is 0. The average molecular weight is 352 g/mol. The summed E-state index contributed by atoms with van der Waals surface area (Å²) in [6, 6.07) is 12.8. The molecule has 0 aliphatic rings. The van der Waals surface area contributed by atoms with Crippen LogP contribution in [0.25, 0.3) is 11.1 Å². The predicted octanol–water partition coefficient (Wildman–Crippen LogP) is 7.17. The molecule has 2 aromatic rings. The molecule has 2 rings (SSSR count). The molecular weight excluding hydrogens is 318 g/mol. The molecule has 0 saturated carbocycles. The highest BCUT2D eigenvalue weighted by molar-refractivity contribution is 5.79. The second-order valence-corrected chi connectivity index (χ2v) is 6.40. The summed E-state index contributed by atoms with van der Waals surface area (Å²) < 4.78 is 5.75. The highest BCUT2D eigenvalue weighted by atomic mass is 16.5. The smallest absolute Gasteiger partial charge is 0.129 e. The van der Waals surface area contributed by atoms with Crippen LogP contribution in [0, 0.1) is 12.8 Å². The lowest BCUT2D eigenvalue weighted by molar-refractivity contribution is 0.408. The fraction of sp³-hybridized carbons (Fsp3) is 0.375. The van der Waals surface area contributed by atoms with Crippen molar-refractivity contribution in [3.63, 3.8) is 0 Å². The van der Waals surface area contributed by atoms with Crippen molar-refractivity contribution in [2.24, 2.45) is 10.9 Å². The van der Waals surface area contributed by atoms with Gasteiger partial charge < -0.3 is 4.74 Å². The number of allylic oxidation sites excluding steroid dienone is 2. The van der Waals surface area contributed by atoms with Crippen molar-refractivity contribution in [3.8, 4) is 16.9 Å². The Labute approximate surface area is 159 Å². The van der Waals surface area contributed by atoms with Crippen LogP contribution in [0.15, 0.2) is 53.5 Å². The lowest BCUT2D eigenvalue weighted by Crippen LogP contribution is -1.99. The second kappa shape index (κ2) is 11.3. The minimum absolute atomic E-state index is 0.591. The largest absolute Gasteiger partial charge is 0.496 e. The normalized spacial score (nSPS) is 11.1. The number of methoxy groups -OCH3 is 1. The summed E-state index contributed by atoms with van der Waals surface area (Å²) in [4.78, 5) is 4.56. The van der Waals surface area contributed by atoms with Crippen molar-refractivity contribution in [2.75, 3.05) is 7.11 Å². The number of benzene rings is 2. The van der Waals surface area contributed by atoms with Gasteiger partial charge in [-0.1, -0.05) is 64.1 Å². The Balaban J connectivity index is 0.00000163. The average Bonchev–Trinajstić information content (AvgIpc) is 2.64. The van der Waals surface area contributed by atoms with E-state index in [0.29, 0.717) is 5.92 Å². The predicted molar refractivity (Wildman–Crippen MR) is 116 cm³/mol. The summed E-state index contributed by atoms with van der Waals surface area (Å²) in [5.41, 5.74) is 5.66. The second-order valence-electron chi connectivity index (χ2n) is 6.40. The van der Waals surface area contributed by atoms with Gasteiger partial charge in [0, 0.05) is 11.8 Å². The highest BCUT2D eigenvalue weighted by Gasteiger charge is 2.12. The van der Waals surface area contributed by atoms with Gasteiger partial charge in [-0.3, -0.25) is 4.99 Å². The summed E-state index contributed by atoms with van der Waals surface area (Å²) in [5.74, 6) is 1.56. The van der Waals surface area contributed by atoms with Gasteiger partial charge >= 0.3 is 0 Å². The third kappa shape index (κ3) is 5.87. The van der Waals surface area contributed by atoms with Crippen LogP contribution >= 0.6 is 0 Å². The molecular formula is C24H33NO. The standard InChI is InChI=1S/C22H27NO.C2H6/c1-6-7-13-23-21-15-18(12-11-17(21)4)20-10-8-9-19(14-16(2)3)22(20)24-5;1-2/h6-13,15-16H,14H2,1-5H3;1-2H3/b7-6-,23-13?;. The molecule has 0 aliphatic heterocycles. The molecule has 2 nitrogen and oxygen atoms in total. The van der Waals surface area contributed by atoms with Gasteiger partial charge in [-0.05, 0) is 55.0 Å². The third-order valence-electron chi connectivity index (χ3n) is 3.94. The molecule has 2 heteroatoms. The first-order valence-corrected chi connectivity index (χ1v) is 9.49. The molecule has 0 N–H and O–H groups in total. The molecule has 140 valence electrons. The van der Waals surface area contributed by atoms with Crippen LogP contribution in [0.5, 0.6) is 5.75 Å². The summed E-state index contributed by atoms with van der Waals surface area (Å²) >= 11 is 0. The Morgan fingerprint density at radius 3 is 2.46 bits per heavy atom. The summed E-state index contributed by atoms with van der Waals surface area (Å²) in [7, 11) is 1.75. The fourth-order valence-corrected chi connectivity index (χ4v) is 2.78. The topological polar surface area (TPSA) is 21.6 Å². The Morgan fingerprint density at radius 2 is 1.85 bits per heavy atom. The molecule has 0 fully saturated rings. The zero-order valence-electron chi connectivity index (χ0n) is 17.3. The monoisotopic (exact) mass is 351 g/mol. The molecule has 26 heavy (non-hydrogen) atoms. The minimum atomic E-state index is 0.591. The SMILES string of the molecule is C/C=C\C=Nc1cc(-c2cccc(CC(C)C)c2OC)ccc1C.CC. The van der Waals surface area contributed by atoms with Crippen molar-refractivity contribution < 1.29 is 4.74 Å². The molecule has 0 bridgehead atoms. The minimum Gasteiger partial charge on any atom is -0.496 e. The van der Waals surface area contributed by atoms with E-state index >= 15 is 0 Å². The van der Waals surface area contributed by atoms with Gasteiger partial charge in [0.15, 0.2) is 0 Å². The van der Waals surface area contributed by atoms with Crippen molar-refractivity contribution in [1.82, 2.24) is 0 Å². The summed E-state index contributed by atoms with van der Waals surface area (Å²) in [6.45, 7) is 12.5. The van der Waals surface area contributed by atoms with Crippen molar-refractivity contribution in [1.29, 1.82) is 0 Å². The number of aliphatic imine (C=N–C) groups is 1. The number of ether oxygens (including phenoxy) is 1. The first-order valence-electron chi connectivity index (χ1n) is 9.49. The summed E-state index contributed by atoms with van der Waals surface area (Å²) in [5, 5.41) is 0. The van der Waals surface area contributed by atoms with Gasteiger partial charge in [-0.2, -0.15) is 0 Å². The molecule has 2 aromatic carbocycles. The summed E-state index contributed by atoms with van der Waals surface area (Å²) in [6.07, 6.45) is 6.75. The van der Waals surface area contributed by atoms with Crippen molar-refractivity contribution in [2.45, 2.75) is 48.0 Å². The lowest BCUT2D eigenvalue weighted by Gasteiger charge is -2.16. The van der Waals surface area contributed by atoms with E-state index < -0.39 is 0 Å². The number of hydrogen-bond acceptors (Lipinski definition) is 2. The Morgan fingerprint density at radius 1 is 1.12 bits per heavy atom. The fourth-order valence-electron chi connectivity index (χ4n) is 2.78. The quantitative estimate of drug-likeness (QED) is 0.505. The van der Waals surface area contributed by atoms with E-state index in [1.54, 1.807) is 7.11 Å². The van der Waals surface area contributed by atoms with E-state index in [1.807, 2.05) is 39.1 Å². The van der Waals surface area contributed by atoms with E-state index in [9.17, 15) is 0 Å².